The summed E-state index contributed by atoms with van der Waals surface area (Å²) in [5.41, 5.74) is 1.01. The van der Waals surface area contributed by atoms with Gasteiger partial charge >= 0.3 is 0 Å². The SMILES string of the molecule is O=C(/C=C/c1ccccc1)N1C[C@@H](CN2CCC(O)CC2)[C@@H](CO)C1. The summed E-state index contributed by atoms with van der Waals surface area (Å²) in [6, 6.07) is 9.80. The molecule has 2 N–H and O–H groups in total. The monoisotopic (exact) mass is 344 g/mol. The zero-order chi connectivity index (χ0) is 17.6. The summed E-state index contributed by atoms with van der Waals surface area (Å²) >= 11 is 0. The highest BCUT2D eigenvalue weighted by atomic mass is 16.3. The van der Waals surface area contributed by atoms with Gasteiger partial charge in [0.25, 0.3) is 0 Å². The maximum atomic E-state index is 12.5. The number of piperidine rings is 1. The highest BCUT2D eigenvalue weighted by molar-refractivity contribution is 5.92. The molecule has 0 aromatic heterocycles. The van der Waals surface area contributed by atoms with E-state index in [4.69, 9.17) is 0 Å². The van der Waals surface area contributed by atoms with E-state index in [2.05, 4.69) is 4.90 Å². The molecule has 25 heavy (non-hydrogen) atoms. The smallest absolute Gasteiger partial charge is 0.246 e. The number of hydrogen-bond acceptors (Lipinski definition) is 4. The van der Waals surface area contributed by atoms with Crippen LogP contribution in [-0.4, -0.2) is 71.4 Å². The summed E-state index contributed by atoms with van der Waals surface area (Å²) in [6.45, 7) is 4.13. The van der Waals surface area contributed by atoms with Crippen molar-refractivity contribution in [1.29, 1.82) is 0 Å². The lowest BCUT2D eigenvalue weighted by Gasteiger charge is -2.32. The second-order valence-electron chi connectivity index (χ2n) is 7.22. The van der Waals surface area contributed by atoms with Crippen LogP contribution in [0.25, 0.3) is 6.08 Å². The highest BCUT2D eigenvalue weighted by Gasteiger charge is 2.35. The molecule has 1 aromatic carbocycles. The molecule has 5 heteroatoms. The van der Waals surface area contributed by atoms with E-state index >= 15 is 0 Å². The van der Waals surface area contributed by atoms with Gasteiger partial charge in [-0.15, -0.1) is 0 Å². The molecule has 2 atom stereocenters. The van der Waals surface area contributed by atoms with Gasteiger partial charge in [0, 0.05) is 51.3 Å². The maximum absolute atomic E-state index is 12.5. The first-order valence-corrected chi connectivity index (χ1v) is 9.19. The molecule has 136 valence electrons. The third-order valence-electron chi connectivity index (χ3n) is 5.39. The second-order valence-corrected chi connectivity index (χ2v) is 7.22. The van der Waals surface area contributed by atoms with Gasteiger partial charge in [0.05, 0.1) is 6.10 Å². The van der Waals surface area contributed by atoms with E-state index in [0.717, 1.165) is 38.0 Å². The highest BCUT2D eigenvalue weighted by Crippen LogP contribution is 2.25. The van der Waals surface area contributed by atoms with Gasteiger partial charge in [-0.05, 0) is 30.4 Å². The third-order valence-corrected chi connectivity index (χ3v) is 5.39. The molecule has 0 radical (unpaired) electrons. The van der Waals surface area contributed by atoms with Crippen molar-refractivity contribution in [3.05, 3.63) is 42.0 Å². The van der Waals surface area contributed by atoms with Crippen LogP contribution in [0.15, 0.2) is 36.4 Å². The van der Waals surface area contributed by atoms with E-state index < -0.39 is 0 Å². The van der Waals surface area contributed by atoms with Crippen LogP contribution in [0.5, 0.6) is 0 Å². The molecule has 2 aliphatic rings. The molecule has 1 aromatic rings. The Morgan fingerprint density at radius 3 is 2.48 bits per heavy atom. The van der Waals surface area contributed by atoms with Gasteiger partial charge in [0.1, 0.15) is 0 Å². The molecular formula is C20H28N2O3. The van der Waals surface area contributed by atoms with E-state index in [-0.39, 0.29) is 24.5 Å². The van der Waals surface area contributed by atoms with Gasteiger partial charge in [-0.3, -0.25) is 4.79 Å². The van der Waals surface area contributed by atoms with Crippen LogP contribution >= 0.6 is 0 Å². The number of aliphatic hydroxyl groups excluding tert-OH is 2. The number of nitrogens with zero attached hydrogens (tertiary/aromatic N) is 2. The van der Waals surface area contributed by atoms with Crippen LogP contribution in [0.1, 0.15) is 18.4 Å². The molecule has 2 aliphatic heterocycles. The lowest BCUT2D eigenvalue weighted by molar-refractivity contribution is -0.125. The van der Waals surface area contributed by atoms with Crippen LogP contribution in [0.2, 0.25) is 0 Å². The quantitative estimate of drug-likeness (QED) is 0.789. The van der Waals surface area contributed by atoms with E-state index in [1.165, 1.54) is 0 Å². The van der Waals surface area contributed by atoms with Crippen LogP contribution < -0.4 is 0 Å². The summed E-state index contributed by atoms with van der Waals surface area (Å²) in [5.74, 6) is 0.453. The van der Waals surface area contributed by atoms with Crippen molar-refractivity contribution < 1.29 is 15.0 Å². The van der Waals surface area contributed by atoms with Crippen molar-refractivity contribution >= 4 is 12.0 Å². The number of rotatable bonds is 5. The average molecular weight is 344 g/mol. The Balaban J connectivity index is 1.55. The minimum absolute atomic E-state index is 0.0128. The standard InChI is InChI=1S/C20H28N2O3/c23-15-18-14-22(20(25)7-6-16-4-2-1-3-5-16)13-17(18)12-21-10-8-19(24)9-11-21/h1-7,17-19,23-24H,8-15H2/b7-6+/t17-,18-/m1/s1. The predicted molar refractivity (Wildman–Crippen MR) is 97.8 cm³/mol. The molecule has 2 fully saturated rings. The fourth-order valence-electron chi connectivity index (χ4n) is 3.80. The van der Waals surface area contributed by atoms with E-state index in [1.54, 1.807) is 6.08 Å². The predicted octanol–water partition coefficient (Wildman–Crippen LogP) is 1.22. The van der Waals surface area contributed by atoms with Crippen molar-refractivity contribution in [3.8, 4) is 0 Å². The van der Waals surface area contributed by atoms with Crippen LogP contribution in [-0.2, 0) is 4.79 Å². The van der Waals surface area contributed by atoms with Gasteiger partial charge < -0.3 is 20.0 Å². The fourth-order valence-corrected chi connectivity index (χ4v) is 3.80. The Morgan fingerprint density at radius 2 is 1.80 bits per heavy atom. The maximum Gasteiger partial charge on any atom is 0.246 e. The minimum atomic E-state index is -0.172. The fraction of sp³-hybridized carbons (Fsp3) is 0.550. The first-order valence-electron chi connectivity index (χ1n) is 9.19. The summed E-state index contributed by atoms with van der Waals surface area (Å²) in [4.78, 5) is 16.7. The molecule has 5 nitrogen and oxygen atoms in total. The molecule has 0 aliphatic carbocycles. The summed E-state index contributed by atoms with van der Waals surface area (Å²) in [6.07, 6.45) is 4.94. The largest absolute Gasteiger partial charge is 0.396 e. The number of hydrogen-bond donors (Lipinski definition) is 2. The normalized spacial score (nSPS) is 25.8. The Bertz CT molecular complexity index is 582. The Hall–Kier alpha value is -1.69. The number of carbonyl (C=O) groups excluding carboxylic acids is 1. The van der Waals surface area contributed by atoms with Crippen molar-refractivity contribution in [2.45, 2.75) is 18.9 Å². The number of aliphatic hydroxyl groups is 2. The Morgan fingerprint density at radius 1 is 1.12 bits per heavy atom. The van der Waals surface area contributed by atoms with Crippen LogP contribution in [0, 0.1) is 11.8 Å². The van der Waals surface area contributed by atoms with Gasteiger partial charge in [0.15, 0.2) is 0 Å². The van der Waals surface area contributed by atoms with E-state index in [9.17, 15) is 15.0 Å². The van der Waals surface area contributed by atoms with Crippen LogP contribution in [0.4, 0.5) is 0 Å². The molecule has 2 heterocycles. The molecule has 0 unspecified atom stereocenters. The van der Waals surface area contributed by atoms with Gasteiger partial charge in [0.2, 0.25) is 5.91 Å². The lowest BCUT2D eigenvalue weighted by Crippen LogP contribution is -2.40. The van der Waals surface area contributed by atoms with Crippen LogP contribution in [0.3, 0.4) is 0 Å². The minimum Gasteiger partial charge on any atom is -0.396 e. The molecule has 0 saturated carbocycles. The third kappa shape index (κ3) is 4.91. The number of benzene rings is 1. The van der Waals surface area contributed by atoms with Gasteiger partial charge in [-0.25, -0.2) is 0 Å². The van der Waals surface area contributed by atoms with Crippen molar-refractivity contribution in [2.24, 2.45) is 11.8 Å². The molecule has 3 rings (SSSR count). The summed E-state index contributed by atoms with van der Waals surface area (Å²) in [5, 5.41) is 19.3. The van der Waals surface area contributed by atoms with Crippen molar-refractivity contribution in [1.82, 2.24) is 9.80 Å². The zero-order valence-corrected chi connectivity index (χ0v) is 14.6. The van der Waals surface area contributed by atoms with Crippen molar-refractivity contribution in [3.63, 3.8) is 0 Å². The molecular weight excluding hydrogens is 316 g/mol. The first-order chi connectivity index (χ1) is 12.2. The Kier molecular flexibility index (Phi) is 6.24. The molecule has 2 saturated heterocycles. The Labute approximate surface area is 149 Å². The average Bonchev–Trinajstić information content (AvgIpc) is 3.05. The number of likely N-dealkylation sites (tertiary alicyclic amines) is 2. The molecule has 1 amide bonds. The van der Waals surface area contributed by atoms with Crippen molar-refractivity contribution in [2.75, 3.05) is 39.3 Å². The zero-order valence-electron chi connectivity index (χ0n) is 14.6. The first kappa shape index (κ1) is 18.1. The number of amides is 1. The van der Waals surface area contributed by atoms with E-state index in [0.29, 0.717) is 19.0 Å². The summed E-state index contributed by atoms with van der Waals surface area (Å²) < 4.78 is 0. The van der Waals surface area contributed by atoms with E-state index in [1.807, 2.05) is 41.3 Å². The summed E-state index contributed by atoms with van der Waals surface area (Å²) in [7, 11) is 0. The number of carbonyl (C=O) groups is 1. The molecule has 0 spiro atoms. The van der Waals surface area contributed by atoms with Gasteiger partial charge in [-0.1, -0.05) is 30.3 Å². The van der Waals surface area contributed by atoms with Gasteiger partial charge in [-0.2, -0.15) is 0 Å². The second kappa shape index (κ2) is 8.61. The topological polar surface area (TPSA) is 64.0 Å². The molecule has 0 bridgehead atoms. The lowest BCUT2D eigenvalue weighted by atomic mass is 9.95.